The largest absolute Gasteiger partial charge is 0.393 e. The zero-order chi connectivity index (χ0) is 15.9. The summed E-state index contributed by atoms with van der Waals surface area (Å²) in [4.78, 5) is 16.3. The highest BCUT2D eigenvalue weighted by molar-refractivity contribution is 5.94. The van der Waals surface area contributed by atoms with E-state index < -0.39 is 0 Å². The van der Waals surface area contributed by atoms with Crippen LogP contribution in [-0.2, 0) is 6.42 Å². The number of aromatic nitrogens is 3. The van der Waals surface area contributed by atoms with Gasteiger partial charge in [-0.25, -0.2) is 4.98 Å². The topological polar surface area (TPSA) is 90.9 Å². The maximum Gasteiger partial charge on any atom is 0.251 e. The molecule has 0 aliphatic rings. The molecule has 118 valence electrons. The number of benzene rings is 1. The molecule has 0 spiro atoms. The second-order valence-corrected chi connectivity index (χ2v) is 5.14. The molecular formula is C16H22N4O2. The first-order valence-electron chi connectivity index (χ1n) is 7.62. The quantitative estimate of drug-likeness (QED) is 0.729. The van der Waals surface area contributed by atoms with Crippen LogP contribution in [0.4, 0.5) is 0 Å². The van der Waals surface area contributed by atoms with Crippen molar-refractivity contribution in [2.75, 3.05) is 6.54 Å². The number of aliphatic hydroxyl groups is 1. The second-order valence-electron chi connectivity index (χ2n) is 5.14. The van der Waals surface area contributed by atoms with Gasteiger partial charge < -0.3 is 10.4 Å². The molecule has 22 heavy (non-hydrogen) atoms. The van der Waals surface area contributed by atoms with E-state index in [1.165, 1.54) is 0 Å². The minimum atomic E-state index is -0.360. The van der Waals surface area contributed by atoms with Gasteiger partial charge in [-0.05, 0) is 25.0 Å². The summed E-state index contributed by atoms with van der Waals surface area (Å²) in [5, 5.41) is 19.3. The van der Waals surface area contributed by atoms with Gasteiger partial charge in [-0.1, -0.05) is 26.0 Å². The van der Waals surface area contributed by atoms with Crippen LogP contribution in [0.5, 0.6) is 0 Å². The number of aliphatic hydroxyl groups excluding tert-OH is 1. The lowest BCUT2D eigenvalue weighted by Gasteiger charge is -2.09. The molecule has 1 amide bonds. The zero-order valence-electron chi connectivity index (χ0n) is 13.0. The van der Waals surface area contributed by atoms with E-state index in [0.717, 1.165) is 17.8 Å². The van der Waals surface area contributed by atoms with Crippen molar-refractivity contribution >= 4 is 5.91 Å². The van der Waals surface area contributed by atoms with Gasteiger partial charge in [0.15, 0.2) is 5.82 Å². The van der Waals surface area contributed by atoms with Crippen LogP contribution in [0.3, 0.4) is 0 Å². The van der Waals surface area contributed by atoms with E-state index in [9.17, 15) is 9.90 Å². The number of aromatic amines is 1. The molecule has 0 radical (unpaired) electrons. The summed E-state index contributed by atoms with van der Waals surface area (Å²) >= 11 is 0. The van der Waals surface area contributed by atoms with E-state index in [1.54, 1.807) is 12.1 Å². The van der Waals surface area contributed by atoms with Crippen molar-refractivity contribution in [1.82, 2.24) is 20.5 Å². The molecule has 1 aromatic heterocycles. The van der Waals surface area contributed by atoms with Gasteiger partial charge in [0.2, 0.25) is 0 Å². The molecule has 1 atom stereocenters. The lowest BCUT2D eigenvalue weighted by molar-refractivity contribution is 0.0942. The van der Waals surface area contributed by atoms with Gasteiger partial charge in [0.1, 0.15) is 5.82 Å². The third-order valence-corrected chi connectivity index (χ3v) is 3.51. The second kappa shape index (κ2) is 7.70. The number of aryl methyl sites for hydroxylation is 1. The molecule has 0 saturated carbocycles. The molecule has 2 aromatic rings. The van der Waals surface area contributed by atoms with Gasteiger partial charge in [-0.15, -0.1) is 0 Å². The SMILES string of the molecule is CCc1nc(-c2ccc(C(=O)NCCC(O)CC)cc2)n[nH]1. The standard InChI is InChI=1S/C16H22N4O2/c1-3-13(21)9-10-17-16(22)12-7-5-11(6-8-12)15-18-14(4-2)19-20-15/h5-8,13,21H,3-4,9-10H2,1-2H3,(H,17,22)(H,18,19,20). The number of H-pyrrole nitrogens is 1. The summed E-state index contributed by atoms with van der Waals surface area (Å²) in [6.07, 6.45) is 1.70. The van der Waals surface area contributed by atoms with Crippen molar-refractivity contribution in [1.29, 1.82) is 0 Å². The van der Waals surface area contributed by atoms with Gasteiger partial charge in [0, 0.05) is 24.1 Å². The summed E-state index contributed by atoms with van der Waals surface area (Å²) in [5.41, 5.74) is 1.45. The Balaban J connectivity index is 1.94. The first kappa shape index (κ1) is 16.2. The number of nitrogens with zero attached hydrogens (tertiary/aromatic N) is 2. The number of rotatable bonds is 7. The number of carbonyl (C=O) groups excluding carboxylic acids is 1. The minimum Gasteiger partial charge on any atom is -0.393 e. The smallest absolute Gasteiger partial charge is 0.251 e. The lowest BCUT2D eigenvalue weighted by atomic mass is 10.1. The molecule has 1 aromatic carbocycles. The molecule has 0 aliphatic carbocycles. The number of amides is 1. The molecule has 1 heterocycles. The zero-order valence-corrected chi connectivity index (χ0v) is 13.0. The summed E-state index contributed by atoms with van der Waals surface area (Å²) < 4.78 is 0. The van der Waals surface area contributed by atoms with Crippen molar-refractivity contribution in [3.05, 3.63) is 35.7 Å². The summed E-state index contributed by atoms with van der Waals surface area (Å²) in [6.45, 7) is 4.39. The van der Waals surface area contributed by atoms with E-state index in [4.69, 9.17) is 0 Å². The fraction of sp³-hybridized carbons (Fsp3) is 0.438. The van der Waals surface area contributed by atoms with Crippen molar-refractivity contribution in [3.63, 3.8) is 0 Å². The molecular weight excluding hydrogens is 280 g/mol. The third-order valence-electron chi connectivity index (χ3n) is 3.51. The fourth-order valence-electron chi connectivity index (χ4n) is 2.01. The van der Waals surface area contributed by atoms with E-state index in [0.29, 0.717) is 30.8 Å². The lowest BCUT2D eigenvalue weighted by Crippen LogP contribution is -2.26. The third kappa shape index (κ3) is 4.14. The van der Waals surface area contributed by atoms with Gasteiger partial charge in [-0.2, -0.15) is 5.10 Å². The summed E-state index contributed by atoms with van der Waals surface area (Å²) in [5.74, 6) is 1.33. The van der Waals surface area contributed by atoms with Crippen molar-refractivity contribution in [2.24, 2.45) is 0 Å². The predicted molar refractivity (Wildman–Crippen MR) is 84.4 cm³/mol. The van der Waals surface area contributed by atoms with Crippen LogP contribution in [0.2, 0.25) is 0 Å². The number of carbonyl (C=O) groups is 1. The molecule has 0 bridgehead atoms. The van der Waals surface area contributed by atoms with Gasteiger partial charge >= 0.3 is 0 Å². The first-order valence-corrected chi connectivity index (χ1v) is 7.62. The van der Waals surface area contributed by atoms with Gasteiger partial charge in [0.05, 0.1) is 6.10 Å². The normalized spacial score (nSPS) is 12.1. The molecule has 3 N–H and O–H groups in total. The Labute approximate surface area is 130 Å². The molecule has 0 fully saturated rings. The van der Waals surface area contributed by atoms with E-state index in [1.807, 2.05) is 26.0 Å². The Kier molecular flexibility index (Phi) is 5.66. The highest BCUT2D eigenvalue weighted by Gasteiger charge is 2.09. The van der Waals surface area contributed by atoms with E-state index in [-0.39, 0.29) is 12.0 Å². The number of hydrogen-bond donors (Lipinski definition) is 3. The highest BCUT2D eigenvalue weighted by Crippen LogP contribution is 2.15. The summed E-state index contributed by atoms with van der Waals surface area (Å²) in [6, 6.07) is 7.17. The fourth-order valence-corrected chi connectivity index (χ4v) is 2.01. The van der Waals surface area contributed by atoms with E-state index >= 15 is 0 Å². The Bertz CT molecular complexity index is 607. The van der Waals surface area contributed by atoms with E-state index in [2.05, 4.69) is 20.5 Å². The average Bonchev–Trinajstić information content (AvgIpc) is 3.03. The first-order chi connectivity index (χ1) is 10.6. The monoisotopic (exact) mass is 302 g/mol. The molecule has 0 aliphatic heterocycles. The van der Waals surface area contributed by atoms with Crippen LogP contribution in [0.15, 0.2) is 24.3 Å². The van der Waals surface area contributed by atoms with Crippen molar-refractivity contribution in [3.8, 4) is 11.4 Å². The predicted octanol–water partition coefficient (Wildman–Crippen LogP) is 1.92. The Morgan fingerprint density at radius 3 is 2.64 bits per heavy atom. The van der Waals surface area contributed by atoms with Crippen molar-refractivity contribution < 1.29 is 9.90 Å². The molecule has 0 saturated heterocycles. The maximum atomic E-state index is 12.0. The van der Waals surface area contributed by atoms with Crippen LogP contribution in [0, 0.1) is 0 Å². The Morgan fingerprint density at radius 2 is 2.05 bits per heavy atom. The van der Waals surface area contributed by atoms with Crippen LogP contribution in [0.25, 0.3) is 11.4 Å². The molecule has 6 heteroatoms. The average molecular weight is 302 g/mol. The van der Waals surface area contributed by atoms with Crippen molar-refractivity contribution in [2.45, 2.75) is 39.2 Å². The number of hydrogen-bond acceptors (Lipinski definition) is 4. The molecule has 1 unspecified atom stereocenters. The van der Waals surface area contributed by atoms with Gasteiger partial charge in [-0.3, -0.25) is 9.89 Å². The van der Waals surface area contributed by atoms with Crippen LogP contribution < -0.4 is 5.32 Å². The van der Waals surface area contributed by atoms with Crippen LogP contribution in [0.1, 0.15) is 42.9 Å². The van der Waals surface area contributed by atoms with Crippen LogP contribution >= 0.6 is 0 Å². The summed E-state index contributed by atoms with van der Waals surface area (Å²) in [7, 11) is 0. The highest BCUT2D eigenvalue weighted by atomic mass is 16.3. The van der Waals surface area contributed by atoms with Crippen LogP contribution in [-0.4, -0.2) is 38.8 Å². The Morgan fingerprint density at radius 1 is 1.32 bits per heavy atom. The number of nitrogens with one attached hydrogen (secondary N) is 2. The minimum absolute atomic E-state index is 0.140. The Hall–Kier alpha value is -2.21. The molecule has 2 rings (SSSR count). The maximum absolute atomic E-state index is 12.0. The van der Waals surface area contributed by atoms with Gasteiger partial charge in [0.25, 0.3) is 5.91 Å². The molecule has 6 nitrogen and oxygen atoms in total.